The van der Waals surface area contributed by atoms with Crippen molar-refractivity contribution >= 4 is 5.97 Å². The molecule has 1 aromatic carbocycles. The van der Waals surface area contributed by atoms with Gasteiger partial charge >= 0.3 is 5.97 Å². The Balaban J connectivity index is 2.84. The minimum atomic E-state index is -0.301. The lowest BCUT2D eigenvalue weighted by atomic mass is 10.1. The molecule has 0 bridgehead atoms. The SMILES string of the molecule is CC(=O)Oc1ccccc1CCN. The Kier molecular flexibility index (Phi) is 3.46. The minimum absolute atomic E-state index is 0.301. The number of carbonyl (C=O) groups excluding carboxylic acids is 1. The van der Waals surface area contributed by atoms with Gasteiger partial charge in [0.15, 0.2) is 0 Å². The molecule has 0 radical (unpaired) electrons. The van der Waals surface area contributed by atoms with E-state index in [1.165, 1.54) is 6.92 Å². The van der Waals surface area contributed by atoms with Crippen molar-refractivity contribution in [2.24, 2.45) is 5.73 Å². The van der Waals surface area contributed by atoms with E-state index in [-0.39, 0.29) is 5.97 Å². The molecule has 3 heteroatoms. The van der Waals surface area contributed by atoms with E-state index in [1.54, 1.807) is 6.07 Å². The maximum atomic E-state index is 10.7. The lowest BCUT2D eigenvalue weighted by Crippen LogP contribution is -2.07. The van der Waals surface area contributed by atoms with Gasteiger partial charge in [0, 0.05) is 6.92 Å². The number of ether oxygens (including phenoxy) is 1. The topological polar surface area (TPSA) is 52.3 Å². The average molecular weight is 179 g/mol. The largest absolute Gasteiger partial charge is 0.426 e. The summed E-state index contributed by atoms with van der Waals surface area (Å²) >= 11 is 0. The second-order valence-electron chi connectivity index (χ2n) is 2.74. The lowest BCUT2D eigenvalue weighted by molar-refractivity contribution is -0.131. The smallest absolute Gasteiger partial charge is 0.308 e. The number of esters is 1. The molecule has 3 nitrogen and oxygen atoms in total. The van der Waals surface area contributed by atoms with Crippen LogP contribution >= 0.6 is 0 Å². The standard InChI is InChI=1S/C10H13NO2/c1-8(12)13-10-5-3-2-4-9(10)6-7-11/h2-5H,6-7,11H2,1H3. The summed E-state index contributed by atoms with van der Waals surface area (Å²) in [6, 6.07) is 7.41. The average Bonchev–Trinajstić information content (AvgIpc) is 2.08. The molecule has 0 saturated carbocycles. The summed E-state index contributed by atoms with van der Waals surface area (Å²) in [4.78, 5) is 10.7. The summed E-state index contributed by atoms with van der Waals surface area (Å²) in [5, 5.41) is 0. The Bertz CT molecular complexity index is 297. The zero-order chi connectivity index (χ0) is 9.68. The van der Waals surface area contributed by atoms with Crippen LogP contribution < -0.4 is 10.5 Å². The van der Waals surface area contributed by atoms with Gasteiger partial charge in [-0.15, -0.1) is 0 Å². The van der Waals surface area contributed by atoms with Crippen LogP contribution in [0.5, 0.6) is 5.75 Å². The number of para-hydroxylation sites is 1. The van der Waals surface area contributed by atoms with Crippen LogP contribution in [0.1, 0.15) is 12.5 Å². The number of nitrogens with two attached hydrogens (primary N) is 1. The first-order chi connectivity index (χ1) is 6.24. The minimum Gasteiger partial charge on any atom is -0.426 e. The molecule has 0 aliphatic rings. The van der Waals surface area contributed by atoms with Crippen LogP contribution in [0.25, 0.3) is 0 Å². The van der Waals surface area contributed by atoms with Crippen LogP contribution in [0.2, 0.25) is 0 Å². The molecule has 0 fully saturated rings. The number of hydrogen-bond donors (Lipinski definition) is 1. The quantitative estimate of drug-likeness (QED) is 0.558. The molecule has 0 amide bonds. The predicted molar refractivity (Wildman–Crippen MR) is 50.5 cm³/mol. The van der Waals surface area contributed by atoms with Gasteiger partial charge in [0.25, 0.3) is 0 Å². The van der Waals surface area contributed by atoms with E-state index >= 15 is 0 Å². The van der Waals surface area contributed by atoms with Crippen molar-refractivity contribution in [2.75, 3.05) is 6.54 Å². The highest BCUT2D eigenvalue weighted by atomic mass is 16.5. The zero-order valence-corrected chi connectivity index (χ0v) is 7.62. The van der Waals surface area contributed by atoms with E-state index in [9.17, 15) is 4.79 Å². The predicted octanol–water partition coefficient (Wildman–Crippen LogP) is 1.11. The van der Waals surface area contributed by atoms with Gasteiger partial charge in [-0.1, -0.05) is 18.2 Å². The molecule has 70 valence electrons. The summed E-state index contributed by atoms with van der Waals surface area (Å²) in [6.07, 6.45) is 0.726. The van der Waals surface area contributed by atoms with E-state index in [4.69, 9.17) is 10.5 Å². The Morgan fingerprint density at radius 3 is 2.77 bits per heavy atom. The highest BCUT2D eigenvalue weighted by Crippen LogP contribution is 2.17. The van der Waals surface area contributed by atoms with Crippen LogP contribution in [0.4, 0.5) is 0 Å². The van der Waals surface area contributed by atoms with Crippen LogP contribution in [0.3, 0.4) is 0 Å². The van der Waals surface area contributed by atoms with Gasteiger partial charge in [0.1, 0.15) is 5.75 Å². The first kappa shape index (κ1) is 9.74. The van der Waals surface area contributed by atoms with E-state index in [0.717, 1.165) is 12.0 Å². The third-order valence-electron chi connectivity index (χ3n) is 1.64. The second-order valence-corrected chi connectivity index (χ2v) is 2.74. The maximum Gasteiger partial charge on any atom is 0.308 e. The highest BCUT2D eigenvalue weighted by molar-refractivity contribution is 5.69. The summed E-state index contributed by atoms with van der Waals surface area (Å²) in [5.74, 6) is 0.310. The van der Waals surface area contributed by atoms with Crippen LogP contribution in [0.15, 0.2) is 24.3 Å². The van der Waals surface area contributed by atoms with Crippen molar-refractivity contribution in [2.45, 2.75) is 13.3 Å². The number of hydrogen-bond acceptors (Lipinski definition) is 3. The van der Waals surface area contributed by atoms with E-state index < -0.39 is 0 Å². The molecule has 0 aromatic heterocycles. The van der Waals surface area contributed by atoms with Crippen molar-refractivity contribution in [1.29, 1.82) is 0 Å². The van der Waals surface area contributed by atoms with E-state index in [0.29, 0.717) is 12.3 Å². The molecule has 0 atom stereocenters. The fourth-order valence-corrected chi connectivity index (χ4v) is 1.12. The summed E-state index contributed by atoms with van der Waals surface area (Å²) in [6.45, 7) is 1.94. The fourth-order valence-electron chi connectivity index (χ4n) is 1.12. The maximum absolute atomic E-state index is 10.7. The number of benzene rings is 1. The Labute approximate surface area is 77.5 Å². The van der Waals surface area contributed by atoms with E-state index in [1.807, 2.05) is 18.2 Å². The Hall–Kier alpha value is -1.35. The molecule has 1 rings (SSSR count). The van der Waals surface area contributed by atoms with Gasteiger partial charge in [-0.2, -0.15) is 0 Å². The molecular weight excluding hydrogens is 166 g/mol. The molecule has 0 saturated heterocycles. The summed E-state index contributed by atoms with van der Waals surface area (Å²) < 4.78 is 5.00. The highest BCUT2D eigenvalue weighted by Gasteiger charge is 2.03. The second kappa shape index (κ2) is 4.62. The van der Waals surface area contributed by atoms with Gasteiger partial charge in [-0.3, -0.25) is 4.79 Å². The van der Waals surface area contributed by atoms with Gasteiger partial charge in [0.05, 0.1) is 0 Å². The van der Waals surface area contributed by atoms with Gasteiger partial charge in [-0.05, 0) is 24.6 Å². The van der Waals surface area contributed by atoms with Crippen molar-refractivity contribution in [3.05, 3.63) is 29.8 Å². The molecule has 0 spiro atoms. The van der Waals surface area contributed by atoms with Crippen LogP contribution in [-0.2, 0) is 11.2 Å². The number of rotatable bonds is 3. The van der Waals surface area contributed by atoms with Gasteiger partial charge < -0.3 is 10.5 Å². The molecular formula is C10H13NO2. The molecule has 0 aliphatic carbocycles. The Morgan fingerprint density at radius 2 is 2.15 bits per heavy atom. The molecule has 0 aliphatic heterocycles. The molecule has 1 aromatic rings. The zero-order valence-electron chi connectivity index (χ0n) is 7.62. The summed E-state index contributed by atoms with van der Waals surface area (Å²) in [7, 11) is 0. The van der Waals surface area contributed by atoms with Crippen LogP contribution in [0, 0.1) is 0 Å². The third kappa shape index (κ3) is 2.87. The lowest BCUT2D eigenvalue weighted by Gasteiger charge is -2.06. The molecule has 0 unspecified atom stereocenters. The van der Waals surface area contributed by atoms with E-state index in [2.05, 4.69) is 0 Å². The van der Waals surface area contributed by atoms with Crippen molar-refractivity contribution in [3.63, 3.8) is 0 Å². The van der Waals surface area contributed by atoms with Gasteiger partial charge in [0.2, 0.25) is 0 Å². The van der Waals surface area contributed by atoms with Crippen LogP contribution in [-0.4, -0.2) is 12.5 Å². The monoisotopic (exact) mass is 179 g/mol. The van der Waals surface area contributed by atoms with Gasteiger partial charge in [-0.25, -0.2) is 0 Å². The van der Waals surface area contributed by atoms with Crippen molar-refractivity contribution < 1.29 is 9.53 Å². The number of carbonyl (C=O) groups is 1. The molecule has 0 heterocycles. The third-order valence-corrected chi connectivity index (χ3v) is 1.64. The van der Waals surface area contributed by atoms with Crippen molar-refractivity contribution in [1.82, 2.24) is 0 Å². The first-order valence-electron chi connectivity index (χ1n) is 4.20. The normalized spacial score (nSPS) is 9.69. The fraction of sp³-hybridized carbons (Fsp3) is 0.300. The van der Waals surface area contributed by atoms with Crippen molar-refractivity contribution in [3.8, 4) is 5.75 Å². The Morgan fingerprint density at radius 1 is 1.46 bits per heavy atom. The molecule has 13 heavy (non-hydrogen) atoms. The summed E-state index contributed by atoms with van der Waals surface area (Å²) in [5.41, 5.74) is 6.39. The first-order valence-corrected chi connectivity index (χ1v) is 4.20. The molecule has 2 N–H and O–H groups in total.